The molecular weight excluding hydrogens is 284 g/mol. The van der Waals surface area contributed by atoms with Gasteiger partial charge in [0.2, 0.25) is 0 Å². The maximum Gasteiger partial charge on any atom is 0.199 e. The minimum absolute atomic E-state index is 0.0554. The molecule has 0 aliphatic carbocycles. The zero-order valence-corrected chi connectivity index (χ0v) is 9.94. The summed E-state index contributed by atoms with van der Waals surface area (Å²) in [5.41, 5.74) is -1.23. The SMILES string of the molecule is O=C(c1ccc(Cl)cc1F)c1ccc(F)c(F)c1F. The molecule has 0 bridgehead atoms. The van der Waals surface area contributed by atoms with Crippen molar-refractivity contribution in [3.05, 3.63) is 69.8 Å². The molecule has 0 N–H and O–H groups in total. The van der Waals surface area contributed by atoms with Crippen LogP contribution in [0.15, 0.2) is 30.3 Å². The first kappa shape index (κ1) is 13.5. The second-order valence-corrected chi connectivity index (χ2v) is 4.11. The van der Waals surface area contributed by atoms with Crippen molar-refractivity contribution in [2.24, 2.45) is 0 Å². The summed E-state index contributed by atoms with van der Waals surface area (Å²) in [6.45, 7) is 0. The van der Waals surface area contributed by atoms with Gasteiger partial charge in [0.25, 0.3) is 0 Å². The van der Waals surface area contributed by atoms with Gasteiger partial charge in [-0.25, -0.2) is 17.6 Å². The Morgan fingerprint density at radius 3 is 2.11 bits per heavy atom. The minimum Gasteiger partial charge on any atom is -0.288 e. The van der Waals surface area contributed by atoms with E-state index in [-0.39, 0.29) is 5.02 Å². The molecule has 2 rings (SSSR count). The normalized spacial score (nSPS) is 10.6. The van der Waals surface area contributed by atoms with E-state index in [2.05, 4.69) is 0 Å². The number of rotatable bonds is 2. The quantitative estimate of drug-likeness (QED) is 0.461. The predicted molar refractivity (Wildman–Crippen MR) is 61.2 cm³/mol. The van der Waals surface area contributed by atoms with Gasteiger partial charge in [-0.2, -0.15) is 0 Å². The molecule has 0 atom stereocenters. The van der Waals surface area contributed by atoms with Crippen LogP contribution in [0.3, 0.4) is 0 Å². The van der Waals surface area contributed by atoms with Crippen molar-refractivity contribution in [1.29, 1.82) is 0 Å². The maximum absolute atomic E-state index is 13.5. The van der Waals surface area contributed by atoms with Gasteiger partial charge >= 0.3 is 0 Å². The van der Waals surface area contributed by atoms with Crippen LogP contribution < -0.4 is 0 Å². The number of ketones is 1. The van der Waals surface area contributed by atoms with E-state index in [9.17, 15) is 22.4 Å². The molecule has 0 amide bonds. The number of hydrogen-bond donors (Lipinski definition) is 0. The number of carbonyl (C=O) groups is 1. The van der Waals surface area contributed by atoms with Crippen LogP contribution in [0.1, 0.15) is 15.9 Å². The lowest BCUT2D eigenvalue weighted by Crippen LogP contribution is -2.09. The third-order valence-electron chi connectivity index (χ3n) is 2.46. The first-order chi connectivity index (χ1) is 8.91. The number of hydrogen-bond acceptors (Lipinski definition) is 1. The fraction of sp³-hybridized carbons (Fsp3) is 0. The highest BCUT2D eigenvalue weighted by molar-refractivity contribution is 6.30. The van der Waals surface area contributed by atoms with Gasteiger partial charge in [0.1, 0.15) is 5.82 Å². The Kier molecular flexibility index (Phi) is 3.57. The topological polar surface area (TPSA) is 17.1 Å². The van der Waals surface area contributed by atoms with E-state index in [4.69, 9.17) is 11.6 Å². The molecule has 0 saturated carbocycles. The Morgan fingerprint density at radius 2 is 1.47 bits per heavy atom. The van der Waals surface area contributed by atoms with Crippen molar-refractivity contribution < 1.29 is 22.4 Å². The zero-order chi connectivity index (χ0) is 14.2. The molecular formula is C13H5ClF4O. The minimum atomic E-state index is -1.78. The second-order valence-electron chi connectivity index (χ2n) is 3.68. The molecule has 2 aromatic rings. The second kappa shape index (κ2) is 5.01. The molecule has 0 unspecified atom stereocenters. The lowest BCUT2D eigenvalue weighted by Gasteiger charge is -2.05. The Hall–Kier alpha value is -1.88. The number of halogens is 5. The van der Waals surface area contributed by atoms with E-state index in [1.807, 2.05) is 0 Å². The van der Waals surface area contributed by atoms with Crippen LogP contribution in [-0.4, -0.2) is 5.78 Å². The average Bonchev–Trinajstić information content (AvgIpc) is 2.35. The van der Waals surface area contributed by atoms with E-state index >= 15 is 0 Å². The number of carbonyl (C=O) groups excluding carboxylic acids is 1. The smallest absolute Gasteiger partial charge is 0.199 e. The van der Waals surface area contributed by atoms with E-state index in [0.29, 0.717) is 6.07 Å². The van der Waals surface area contributed by atoms with Crippen molar-refractivity contribution in [3.63, 3.8) is 0 Å². The largest absolute Gasteiger partial charge is 0.288 e. The van der Waals surface area contributed by atoms with Gasteiger partial charge in [0, 0.05) is 5.02 Å². The van der Waals surface area contributed by atoms with Crippen LogP contribution in [-0.2, 0) is 0 Å². The fourth-order valence-electron chi connectivity index (χ4n) is 1.52. The molecule has 0 spiro atoms. The van der Waals surface area contributed by atoms with Crippen molar-refractivity contribution in [1.82, 2.24) is 0 Å². The highest BCUT2D eigenvalue weighted by Crippen LogP contribution is 2.21. The summed E-state index contributed by atoms with van der Waals surface area (Å²) in [6.07, 6.45) is 0. The van der Waals surface area contributed by atoms with Crippen LogP contribution in [0.4, 0.5) is 17.6 Å². The van der Waals surface area contributed by atoms with Gasteiger partial charge < -0.3 is 0 Å². The summed E-state index contributed by atoms with van der Waals surface area (Å²) >= 11 is 5.51. The molecule has 0 aromatic heterocycles. The molecule has 2 aromatic carbocycles. The van der Waals surface area contributed by atoms with E-state index in [0.717, 1.165) is 18.2 Å². The summed E-state index contributed by atoms with van der Waals surface area (Å²) in [5, 5.41) is 0.0554. The summed E-state index contributed by atoms with van der Waals surface area (Å²) in [5.74, 6) is -6.92. The molecule has 98 valence electrons. The molecule has 0 heterocycles. The van der Waals surface area contributed by atoms with E-state index < -0.39 is 40.2 Å². The van der Waals surface area contributed by atoms with Gasteiger partial charge in [-0.1, -0.05) is 11.6 Å². The summed E-state index contributed by atoms with van der Waals surface area (Å²) < 4.78 is 52.7. The fourth-order valence-corrected chi connectivity index (χ4v) is 1.68. The predicted octanol–water partition coefficient (Wildman–Crippen LogP) is 4.13. The molecule has 0 aliphatic heterocycles. The average molecular weight is 289 g/mol. The van der Waals surface area contributed by atoms with Crippen molar-refractivity contribution >= 4 is 17.4 Å². The number of benzene rings is 2. The van der Waals surface area contributed by atoms with Gasteiger partial charge in [-0.05, 0) is 30.3 Å². The molecule has 0 radical (unpaired) electrons. The zero-order valence-electron chi connectivity index (χ0n) is 9.18. The Balaban J connectivity index is 2.53. The Bertz CT molecular complexity index is 670. The van der Waals surface area contributed by atoms with Gasteiger partial charge in [0.15, 0.2) is 23.2 Å². The molecule has 0 aliphatic rings. The highest BCUT2D eigenvalue weighted by Gasteiger charge is 2.22. The Morgan fingerprint density at radius 1 is 0.842 bits per heavy atom. The molecule has 6 heteroatoms. The van der Waals surface area contributed by atoms with Crippen LogP contribution in [0.2, 0.25) is 5.02 Å². The van der Waals surface area contributed by atoms with Gasteiger partial charge in [-0.15, -0.1) is 0 Å². The van der Waals surface area contributed by atoms with Crippen molar-refractivity contribution in [2.75, 3.05) is 0 Å². The molecule has 1 nitrogen and oxygen atoms in total. The van der Waals surface area contributed by atoms with Crippen LogP contribution >= 0.6 is 11.6 Å². The molecule has 0 saturated heterocycles. The Labute approximate surface area is 110 Å². The van der Waals surface area contributed by atoms with E-state index in [1.54, 1.807) is 0 Å². The highest BCUT2D eigenvalue weighted by atomic mass is 35.5. The summed E-state index contributed by atoms with van der Waals surface area (Å²) in [4.78, 5) is 11.9. The van der Waals surface area contributed by atoms with Crippen LogP contribution in [0, 0.1) is 23.3 Å². The van der Waals surface area contributed by atoms with Crippen molar-refractivity contribution in [2.45, 2.75) is 0 Å². The van der Waals surface area contributed by atoms with Crippen LogP contribution in [0.25, 0.3) is 0 Å². The summed E-state index contributed by atoms with van der Waals surface area (Å²) in [6, 6.07) is 4.49. The first-order valence-corrected chi connectivity index (χ1v) is 5.43. The molecule has 19 heavy (non-hydrogen) atoms. The van der Waals surface area contributed by atoms with Crippen molar-refractivity contribution in [3.8, 4) is 0 Å². The molecule has 0 fully saturated rings. The first-order valence-electron chi connectivity index (χ1n) is 5.05. The maximum atomic E-state index is 13.5. The van der Waals surface area contributed by atoms with Crippen LogP contribution in [0.5, 0.6) is 0 Å². The summed E-state index contributed by atoms with van der Waals surface area (Å²) in [7, 11) is 0. The standard InChI is InChI=1S/C13H5ClF4O/c14-6-1-2-7(10(16)5-6)13(19)8-3-4-9(15)12(18)11(8)17/h1-5H. The van der Waals surface area contributed by atoms with Gasteiger partial charge in [-0.3, -0.25) is 4.79 Å². The van der Waals surface area contributed by atoms with Gasteiger partial charge in [0.05, 0.1) is 11.1 Å². The lowest BCUT2D eigenvalue weighted by molar-refractivity contribution is 0.103. The lowest BCUT2D eigenvalue weighted by atomic mass is 10.0. The third kappa shape index (κ3) is 2.46. The monoisotopic (exact) mass is 288 g/mol. The third-order valence-corrected chi connectivity index (χ3v) is 2.69. The van der Waals surface area contributed by atoms with E-state index in [1.165, 1.54) is 6.07 Å².